The van der Waals surface area contributed by atoms with E-state index in [0.29, 0.717) is 6.54 Å². The number of pyridine rings is 1. The van der Waals surface area contributed by atoms with Gasteiger partial charge in [-0.25, -0.2) is 0 Å². The molecule has 1 aliphatic rings. The average molecular weight is 324 g/mol. The molecule has 0 N–H and O–H groups in total. The van der Waals surface area contributed by atoms with Crippen LogP contribution >= 0.6 is 0 Å². The van der Waals surface area contributed by atoms with Crippen LogP contribution in [-0.2, 0) is 6.18 Å². The maximum atomic E-state index is 12.7. The van der Waals surface area contributed by atoms with E-state index in [0.717, 1.165) is 31.1 Å². The molecule has 4 nitrogen and oxygen atoms in total. The predicted octanol–water partition coefficient (Wildman–Crippen LogP) is 3.70. The van der Waals surface area contributed by atoms with Crippen LogP contribution in [0, 0.1) is 0 Å². The summed E-state index contributed by atoms with van der Waals surface area (Å²) in [6.45, 7) is 3.67. The number of hydrogen-bond donors (Lipinski definition) is 0. The molecule has 3 heterocycles. The van der Waals surface area contributed by atoms with Gasteiger partial charge in [0.25, 0.3) is 0 Å². The SMILES string of the molecule is C[C@H](c1ccccn1)N1CCC[C@H](n2ccc(C(F)(F)F)n2)C1. The third-order valence-corrected chi connectivity index (χ3v) is 4.36. The highest BCUT2D eigenvalue weighted by Gasteiger charge is 2.35. The monoisotopic (exact) mass is 324 g/mol. The number of halogens is 3. The zero-order valence-corrected chi connectivity index (χ0v) is 12.9. The Kier molecular flexibility index (Phi) is 4.39. The summed E-state index contributed by atoms with van der Waals surface area (Å²) in [5.41, 5.74) is 0.150. The molecule has 124 valence electrons. The minimum Gasteiger partial charge on any atom is -0.293 e. The molecule has 0 saturated carbocycles. The first-order chi connectivity index (χ1) is 10.9. The van der Waals surface area contributed by atoms with Crippen LogP contribution in [0.1, 0.15) is 43.2 Å². The maximum absolute atomic E-state index is 12.7. The van der Waals surface area contributed by atoms with Gasteiger partial charge in [-0.05, 0) is 44.5 Å². The fourth-order valence-electron chi connectivity index (χ4n) is 3.05. The molecule has 2 atom stereocenters. The van der Waals surface area contributed by atoms with E-state index < -0.39 is 11.9 Å². The topological polar surface area (TPSA) is 34.0 Å². The molecule has 0 bridgehead atoms. The lowest BCUT2D eigenvalue weighted by atomic mass is 10.0. The molecule has 2 aromatic rings. The van der Waals surface area contributed by atoms with Crippen molar-refractivity contribution in [2.75, 3.05) is 13.1 Å². The van der Waals surface area contributed by atoms with Crippen LogP contribution in [0.15, 0.2) is 36.7 Å². The number of likely N-dealkylation sites (tertiary alicyclic amines) is 1. The molecule has 0 radical (unpaired) electrons. The molecule has 1 aliphatic heterocycles. The van der Waals surface area contributed by atoms with Gasteiger partial charge in [-0.3, -0.25) is 14.6 Å². The Bertz CT molecular complexity index is 638. The molecular weight excluding hydrogens is 305 g/mol. The average Bonchev–Trinajstić information content (AvgIpc) is 3.05. The van der Waals surface area contributed by atoms with E-state index >= 15 is 0 Å². The summed E-state index contributed by atoms with van der Waals surface area (Å²) in [5.74, 6) is 0. The maximum Gasteiger partial charge on any atom is 0.435 e. The first kappa shape index (κ1) is 16.0. The van der Waals surface area contributed by atoms with Crippen molar-refractivity contribution in [2.45, 2.75) is 38.0 Å². The summed E-state index contributed by atoms with van der Waals surface area (Å²) in [5, 5.41) is 3.72. The minimum absolute atomic E-state index is 0.0361. The molecule has 0 aromatic carbocycles. The van der Waals surface area contributed by atoms with Crippen molar-refractivity contribution in [1.29, 1.82) is 0 Å². The molecule has 0 amide bonds. The van der Waals surface area contributed by atoms with Gasteiger partial charge in [0.15, 0.2) is 5.69 Å². The standard InChI is InChI=1S/C16H19F3N4/c1-12(14-6-2-3-8-20-14)22-9-4-5-13(11-22)23-10-7-15(21-23)16(17,18)19/h2-3,6-8,10,12-13H,4-5,9,11H2,1H3/t12-,13+/m1/s1. The van der Waals surface area contributed by atoms with Gasteiger partial charge in [0.1, 0.15) is 0 Å². The molecule has 1 fully saturated rings. The quantitative estimate of drug-likeness (QED) is 0.863. The fourth-order valence-corrected chi connectivity index (χ4v) is 3.05. The second kappa shape index (κ2) is 6.31. The number of aromatic nitrogens is 3. The molecule has 23 heavy (non-hydrogen) atoms. The molecule has 1 saturated heterocycles. The largest absolute Gasteiger partial charge is 0.435 e. The van der Waals surface area contributed by atoms with Crippen LogP contribution in [0.3, 0.4) is 0 Å². The summed E-state index contributed by atoms with van der Waals surface area (Å²) in [6.07, 6.45) is 0.577. The number of hydrogen-bond acceptors (Lipinski definition) is 3. The Morgan fingerprint density at radius 3 is 2.74 bits per heavy atom. The first-order valence-corrected chi connectivity index (χ1v) is 7.72. The van der Waals surface area contributed by atoms with Crippen molar-refractivity contribution in [3.05, 3.63) is 48.0 Å². The normalized spacial score (nSPS) is 21.3. The Hall–Kier alpha value is -1.89. The predicted molar refractivity (Wildman–Crippen MR) is 79.7 cm³/mol. The first-order valence-electron chi connectivity index (χ1n) is 7.72. The highest BCUT2D eigenvalue weighted by molar-refractivity contribution is 5.09. The zero-order valence-electron chi connectivity index (χ0n) is 12.9. The van der Waals surface area contributed by atoms with Crippen molar-refractivity contribution < 1.29 is 13.2 Å². The lowest BCUT2D eigenvalue weighted by molar-refractivity contribution is -0.141. The Balaban J connectivity index is 1.72. The zero-order chi connectivity index (χ0) is 16.4. The second-order valence-corrected chi connectivity index (χ2v) is 5.90. The number of piperidine rings is 1. The molecule has 0 aliphatic carbocycles. The van der Waals surface area contributed by atoms with Crippen molar-refractivity contribution >= 4 is 0 Å². The highest BCUT2D eigenvalue weighted by Crippen LogP contribution is 2.31. The van der Waals surface area contributed by atoms with Crippen LogP contribution < -0.4 is 0 Å². The summed E-state index contributed by atoms with van der Waals surface area (Å²) < 4.78 is 39.6. The Morgan fingerprint density at radius 2 is 2.09 bits per heavy atom. The minimum atomic E-state index is -4.39. The molecule has 3 rings (SSSR count). The van der Waals surface area contributed by atoms with E-state index in [2.05, 4.69) is 21.9 Å². The van der Waals surface area contributed by atoms with E-state index in [1.165, 1.54) is 10.9 Å². The lowest BCUT2D eigenvalue weighted by Crippen LogP contribution is -2.38. The van der Waals surface area contributed by atoms with Gasteiger partial charge in [-0.15, -0.1) is 0 Å². The second-order valence-electron chi connectivity index (χ2n) is 5.90. The van der Waals surface area contributed by atoms with E-state index in [-0.39, 0.29) is 12.1 Å². The fraction of sp³-hybridized carbons (Fsp3) is 0.500. The van der Waals surface area contributed by atoms with E-state index in [1.54, 1.807) is 6.20 Å². The van der Waals surface area contributed by atoms with E-state index in [9.17, 15) is 13.2 Å². The third kappa shape index (κ3) is 3.55. The number of nitrogens with zero attached hydrogens (tertiary/aromatic N) is 4. The molecule has 2 aromatic heterocycles. The van der Waals surface area contributed by atoms with Crippen LogP contribution in [0.5, 0.6) is 0 Å². The van der Waals surface area contributed by atoms with Crippen LogP contribution in [-0.4, -0.2) is 32.8 Å². The van der Waals surface area contributed by atoms with Gasteiger partial charge in [0, 0.05) is 25.0 Å². The van der Waals surface area contributed by atoms with Crippen LogP contribution in [0.25, 0.3) is 0 Å². The number of alkyl halides is 3. The van der Waals surface area contributed by atoms with Crippen molar-refractivity contribution in [3.63, 3.8) is 0 Å². The third-order valence-electron chi connectivity index (χ3n) is 4.36. The van der Waals surface area contributed by atoms with Gasteiger partial charge < -0.3 is 0 Å². The van der Waals surface area contributed by atoms with Gasteiger partial charge in [0.2, 0.25) is 0 Å². The summed E-state index contributed by atoms with van der Waals surface area (Å²) in [7, 11) is 0. The van der Waals surface area contributed by atoms with Crippen molar-refractivity contribution in [3.8, 4) is 0 Å². The Morgan fingerprint density at radius 1 is 1.26 bits per heavy atom. The van der Waals surface area contributed by atoms with Crippen LogP contribution in [0.4, 0.5) is 13.2 Å². The van der Waals surface area contributed by atoms with Crippen molar-refractivity contribution in [2.24, 2.45) is 0 Å². The molecular formula is C16H19F3N4. The van der Waals surface area contributed by atoms with Gasteiger partial charge in [0.05, 0.1) is 11.7 Å². The van der Waals surface area contributed by atoms with E-state index in [4.69, 9.17) is 0 Å². The van der Waals surface area contributed by atoms with Gasteiger partial charge in [-0.1, -0.05) is 6.07 Å². The number of rotatable bonds is 3. The van der Waals surface area contributed by atoms with E-state index in [1.807, 2.05) is 18.2 Å². The smallest absolute Gasteiger partial charge is 0.293 e. The molecule has 0 spiro atoms. The highest BCUT2D eigenvalue weighted by atomic mass is 19.4. The summed E-state index contributed by atoms with van der Waals surface area (Å²) in [6, 6.07) is 6.94. The van der Waals surface area contributed by atoms with Crippen molar-refractivity contribution in [1.82, 2.24) is 19.7 Å². The summed E-state index contributed by atoms with van der Waals surface area (Å²) in [4.78, 5) is 6.63. The summed E-state index contributed by atoms with van der Waals surface area (Å²) >= 11 is 0. The molecule has 7 heteroatoms. The molecule has 0 unspecified atom stereocenters. The van der Waals surface area contributed by atoms with Gasteiger partial charge >= 0.3 is 6.18 Å². The van der Waals surface area contributed by atoms with Crippen LogP contribution in [0.2, 0.25) is 0 Å². The lowest BCUT2D eigenvalue weighted by Gasteiger charge is -2.36. The van der Waals surface area contributed by atoms with Gasteiger partial charge in [-0.2, -0.15) is 18.3 Å². The Labute approximate surface area is 132 Å².